The van der Waals surface area contributed by atoms with E-state index in [0.717, 1.165) is 53.5 Å². The Kier molecular flexibility index (Phi) is 4.19. The van der Waals surface area contributed by atoms with Crippen LogP contribution in [0.2, 0.25) is 0 Å². The first-order chi connectivity index (χ1) is 12.0. The fourth-order valence-electron chi connectivity index (χ4n) is 3.55. The highest BCUT2D eigenvalue weighted by Gasteiger charge is 2.32. The predicted octanol–water partition coefficient (Wildman–Crippen LogP) is 2.50. The van der Waals surface area contributed by atoms with Gasteiger partial charge in [-0.05, 0) is 45.6 Å². The van der Waals surface area contributed by atoms with Crippen LogP contribution in [0.1, 0.15) is 57.7 Å². The van der Waals surface area contributed by atoms with E-state index in [1.165, 1.54) is 11.3 Å². The summed E-state index contributed by atoms with van der Waals surface area (Å²) in [6.07, 6.45) is 4.18. The Morgan fingerprint density at radius 3 is 2.76 bits per heavy atom. The van der Waals surface area contributed by atoms with Crippen LogP contribution in [0.15, 0.2) is 16.9 Å². The molecule has 4 rings (SSSR count). The van der Waals surface area contributed by atoms with E-state index in [-0.39, 0.29) is 17.5 Å². The van der Waals surface area contributed by atoms with Crippen LogP contribution in [0, 0.1) is 13.8 Å². The molecular formula is C18H22N4O2S. The molecule has 2 aromatic rings. The van der Waals surface area contributed by atoms with Gasteiger partial charge in [0.15, 0.2) is 0 Å². The Hall–Kier alpha value is -2.02. The molecule has 3 heterocycles. The fraction of sp³-hybridized carbons (Fsp3) is 0.556. The number of likely N-dealkylation sites (tertiary alicyclic amines) is 1. The monoisotopic (exact) mass is 358 g/mol. The molecule has 132 valence electrons. The summed E-state index contributed by atoms with van der Waals surface area (Å²) in [5, 5.41) is 5.45. The van der Waals surface area contributed by atoms with Crippen molar-refractivity contribution in [2.45, 2.75) is 58.0 Å². The minimum atomic E-state index is -0.0893. The Morgan fingerprint density at radius 1 is 1.28 bits per heavy atom. The van der Waals surface area contributed by atoms with E-state index >= 15 is 0 Å². The molecule has 1 amide bonds. The van der Waals surface area contributed by atoms with Crippen molar-refractivity contribution in [1.29, 1.82) is 0 Å². The molecule has 6 nitrogen and oxygen atoms in total. The van der Waals surface area contributed by atoms with E-state index in [1.807, 2.05) is 24.8 Å². The topological polar surface area (TPSA) is 68.1 Å². The van der Waals surface area contributed by atoms with Gasteiger partial charge in [0.1, 0.15) is 4.88 Å². The molecule has 1 aliphatic carbocycles. The third-order valence-electron chi connectivity index (χ3n) is 5.00. The molecule has 7 heteroatoms. The largest absolute Gasteiger partial charge is 0.333 e. The summed E-state index contributed by atoms with van der Waals surface area (Å²) in [6.45, 7) is 5.01. The smallest absolute Gasteiger partial charge is 0.266 e. The van der Waals surface area contributed by atoms with Gasteiger partial charge in [-0.25, -0.2) is 9.67 Å². The molecule has 2 aliphatic rings. The maximum Gasteiger partial charge on any atom is 0.266 e. The lowest BCUT2D eigenvalue weighted by Crippen LogP contribution is -2.40. The van der Waals surface area contributed by atoms with Gasteiger partial charge in [0.25, 0.3) is 11.5 Å². The SMILES string of the molecule is Cc1nc(C)c(C(=O)N2CCCC2Cn2nc(C3CC3)ccc2=O)s1. The zero-order chi connectivity index (χ0) is 17.6. The van der Waals surface area contributed by atoms with Crippen LogP contribution in [-0.2, 0) is 6.54 Å². The Balaban J connectivity index is 1.56. The quantitative estimate of drug-likeness (QED) is 0.842. The molecule has 1 atom stereocenters. The van der Waals surface area contributed by atoms with E-state index < -0.39 is 0 Å². The van der Waals surface area contributed by atoms with Crippen molar-refractivity contribution in [3.05, 3.63) is 43.8 Å². The minimum absolute atomic E-state index is 0.0222. The highest BCUT2D eigenvalue weighted by Crippen LogP contribution is 2.38. The second kappa shape index (κ2) is 6.37. The number of aromatic nitrogens is 3. The third kappa shape index (κ3) is 3.25. The van der Waals surface area contributed by atoms with Gasteiger partial charge in [0, 0.05) is 18.5 Å². The molecule has 1 unspecified atom stereocenters. The van der Waals surface area contributed by atoms with Crippen molar-refractivity contribution in [2.75, 3.05) is 6.54 Å². The minimum Gasteiger partial charge on any atom is -0.333 e. The zero-order valence-electron chi connectivity index (χ0n) is 14.6. The van der Waals surface area contributed by atoms with E-state index in [4.69, 9.17) is 0 Å². The summed E-state index contributed by atoms with van der Waals surface area (Å²) in [5.41, 5.74) is 1.71. The second-order valence-electron chi connectivity index (χ2n) is 6.99. The molecule has 0 N–H and O–H groups in total. The van der Waals surface area contributed by atoms with Crippen LogP contribution in [0.5, 0.6) is 0 Å². The number of amides is 1. The molecule has 1 saturated heterocycles. The van der Waals surface area contributed by atoms with Gasteiger partial charge in [-0.15, -0.1) is 11.3 Å². The standard InChI is InChI=1S/C18H22N4O2S/c1-11-17(25-12(2)19-11)18(24)21-9-3-4-14(21)10-22-16(23)8-7-15(20-22)13-5-6-13/h7-8,13-14H,3-6,9-10H2,1-2H3. The summed E-state index contributed by atoms with van der Waals surface area (Å²) < 4.78 is 1.55. The highest BCUT2D eigenvalue weighted by atomic mass is 32.1. The third-order valence-corrected chi connectivity index (χ3v) is 6.06. The van der Waals surface area contributed by atoms with Gasteiger partial charge < -0.3 is 4.90 Å². The summed E-state index contributed by atoms with van der Waals surface area (Å²) in [6, 6.07) is 3.48. The molecular weight excluding hydrogens is 336 g/mol. The van der Waals surface area contributed by atoms with Crippen molar-refractivity contribution >= 4 is 17.2 Å². The van der Waals surface area contributed by atoms with Crippen LogP contribution in [0.4, 0.5) is 0 Å². The molecule has 0 spiro atoms. The number of rotatable bonds is 4. The van der Waals surface area contributed by atoms with Crippen LogP contribution in [0.3, 0.4) is 0 Å². The normalized spacial score (nSPS) is 20.2. The lowest BCUT2D eigenvalue weighted by Gasteiger charge is -2.24. The van der Waals surface area contributed by atoms with Crippen molar-refractivity contribution in [2.24, 2.45) is 0 Å². The number of nitrogens with zero attached hydrogens (tertiary/aromatic N) is 4. The molecule has 0 bridgehead atoms. The number of aryl methyl sites for hydroxylation is 2. The Labute approximate surface area is 150 Å². The summed E-state index contributed by atoms with van der Waals surface area (Å²) in [4.78, 5) is 32.1. The summed E-state index contributed by atoms with van der Waals surface area (Å²) in [7, 11) is 0. The first kappa shape index (κ1) is 16.4. The summed E-state index contributed by atoms with van der Waals surface area (Å²) in [5.74, 6) is 0.549. The number of carbonyl (C=O) groups excluding carboxylic acids is 1. The molecule has 0 radical (unpaired) electrons. The van der Waals surface area contributed by atoms with Crippen LogP contribution < -0.4 is 5.56 Å². The molecule has 1 aliphatic heterocycles. The average molecular weight is 358 g/mol. The van der Waals surface area contributed by atoms with E-state index in [0.29, 0.717) is 12.5 Å². The molecule has 2 aromatic heterocycles. The zero-order valence-corrected chi connectivity index (χ0v) is 15.4. The lowest BCUT2D eigenvalue weighted by atomic mass is 10.2. The van der Waals surface area contributed by atoms with Gasteiger partial charge in [0.2, 0.25) is 0 Å². The van der Waals surface area contributed by atoms with Crippen LogP contribution in [0.25, 0.3) is 0 Å². The highest BCUT2D eigenvalue weighted by molar-refractivity contribution is 7.13. The Bertz CT molecular complexity index is 868. The molecule has 1 saturated carbocycles. The Morgan fingerprint density at radius 2 is 2.08 bits per heavy atom. The summed E-state index contributed by atoms with van der Waals surface area (Å²) >= 11 is 1.45. The van der Waals surface area contributed by atoms with E-state index in [9.17, 15) is 9.59 Å². The number of hydrogen-bond donors (Lipinski definition) is 0. The van der Waals surface area contributed by atoms with Crippen LogP contribution in [-0.4, -0.2) is 38.2 Å². The van der Waals surface area contributed by atoms with Crippen molar-refractivity contribution in [3.8, 4) is 0 Å². The second-order valence-corrected chi connectivity index (χ2v) is 8.20. The van der Waals surface area contributed by atoms with Crippen molar-refractivity contribution < 1.29 is 4.79 Å². The molecule has 0 aromatic carbocycles. The van der Waals surface area contributed by atoms with Gasteiger partial charge in [-0.2, -0.15) is 5.10 Å². The van der Waals surface area contributed by atoms with Gasteiger partial charge in [-0.3, -0.25) is 9.59 Å². The van der Waals surface area contributed by atoms with Crippen molar-refractivity contribution in [1.82, 2.24) is 19.7 Å². The first-order valence-electron chi connectivity index (χ1n) is 8.86. The maximum absolute atomic E-state index is 12.9. The van der Waals surface area contributed by atoms with E-state index in [2.05, 4.69) is 10.1 Å². The maximum atomic E-state index is 12.9. The fourth-order valence-corrected chi connectivity index (χ4v) is 4.42. The predicted molar refractivity (Wildman–Crippen MR) is 96.1 cm³/mol. The number of thiazole rings is 1. The van der Waals surface area contributed by atoms with Crippen molar-refractivity contribution in [3.63, 3.8) is 0 Å². The first-order valence-corrected chi connectivity index (χ1v) is 9.67. The van der Waals surface area contributed by atoms with Gasteiger partial charge in [-0.1, -0.05) is 0 Å². The number of hydrogen-bond acceptors (Lipinski definition) is 5. The van der Waals surface area contributed by atoms with Crippen LogP contribution >= 0.6 is 11.3 Å². The molecule has 25 heavy (non-hydrogen) atoms. The van der Waals surface area contributed by atoms with Gasteiger partial charge >= 0.3 is 0 Å². The average Bonchev–Trinajstić information content (AvgIpc) is 3.23. The molecule has 2 fully saturated rings. The number of carbonyl (C=O) groups is 1. The van der Waals surface area contributed by atoms with Gasteiger partial charge in [0.05, 0.1) is 29.0 Å². The van der Waals surface area contributed by atoms with E-state index in [1.54, 1.807) is 10.7 Å². The lowest BCUT2D eigenvalue weighted by molar-refractivity contribution is 0.0724.